The number of hydrogen-bond donors (Lipinski definition) is 3. The molecule has 12 aliphatic carbocycles. The Balaban J connectivity index is 0.000000144. The van der Waals surface area contributed by atoms with Crippen molar-refractivity contribution in [1.29, 1.82) is 0 Å². The van der Waals surface area contributed by atoms with Crippen LogP contribution in [-0.2, 0) is 20.7 Å². The summed E-state index contributed by atoms with van der Waals surface area (Å²) in [4.78, 5) is 0. The molecule has 18 rings (SSSR count). The van der Waals surface area contributed by atoms with E-state index in [0.717, 1.165) is 202 Å². The van der Waals surface area contributed by atoms with Crippen LogP contribution in [-0.4, -0.2) is 75.8 Å². The number of methoxy groups -OCH3 is 4. The van der Waals surface area contributed by atoms with Gasteiger partial charge in [0.25, 0.3) is 0 Å². The molecule has 3 N–H and O–H groups in total. The fourth-order valence-corrected chi connectivity index (χ4v) is 33.3. The summed E-state index contributed by atoms with van der Waals surface area (Å²) in [7, 11) is 6.88. The first-order valence-corrected chi connectivity index (χ1v) is 50.8. The molecule has 0 spiro atoms. The highest BCUT2D eigenvalue weighted by atomic mass is 16.5. The first kappa shape index (κ1) is 91.6. The highest BCUT2D eigenvalue weighted by molar-refractivity contribution is 5.52. The largest absolute Gasteiger partial charge is 0.497 e. The molecule has 12 aliphatic rings. The van der Waals surface area contributed by atoms with E-state index in [0.29, 0.717) is 64.1 Å². The molecule has 9 nitrogen and oxygen atoms in total. The van der Waals surface area contributed by atoms with Crippen LogP contribution in [0.4, 0.5) is 0 Å². The van der Waals surface area contributed by atoms with Crippen molar-refractivity contribution in [2.75, 3.05) is 48.3 Å². The second-order valence-electron chi connectivity index (χ2n) is 45.2. The van der Waals surface area contributed by atoms with Crippen molar-refractivity contribution in [2.45, 2.75) is 305 Å². The average molecular weight is 1690 g/mol. The van der Waals surface area contributed by atoms with Gasteiger partial charge in [0.05, 0.1) is 40.6 Å². The molecular weight excluding hydrogens is 1530 g/mol. The summed E-state index contributed by atoms with van der Waals surface area (Å²) in [6.07, 6.45) is 43.4. The molecule has 0 bridgehead atoms. The van der Waals surface area contributed by atoms with E-state index in [2.05, 4.69) is 203 Å². The molecule has 3 unspecified atom stereocenters. The Bertz CT molecular complexity index is 4030. The minimum absolute atomic E-state index is 0.0262. The van der Waals surface area contributed by atoms with Crippen molar-refractivity contribution in [3.8, 4) is 23.0 Å². The minimum atomic E-state index is -0.754. The van der Waals surface area contributed by atoms with Gasteiger partial charge < -0.3 is 43.7 Å². The third-order valence-electron chi connectivity index (χ3n) is 39.9. The van der Waals surface area contributed by atoms with Gasteiger partial charge in [0.15, 0.2) is 0 Å². The number of aliphatic hydroxyl groups excluding tert-OH is 3. The van der Waals surface area contributed by atoms with Crippen LogP contribution in [0, 0.1) is 145 Å². The zero-order chi connectivity index (χ0) is 87.0. The Hall–Kier alpha value is -5.68. The Morgan fingerprint density at radius 2 is 0.589 bits per heavy atom. The van der Waals surface area contributed by atoms with E-state index in [-0.39, 0.29) is 12.2 Å². The number of fused-ring (bicyclic) bond motifs is 15. The summed E-state index contributed by atoms with van der Waals surface area (Å²) < 4.78 is 36.6. The number of benzene rings is 6. The van der Waals surface area contributed by atoms with Gasteiger partial charge in [-0.2, -0.15) is 0 Å². The summed E-state index contributed by atoms with van der Waals surface area (Å²) >= 11 is 0. The maximum atomic E-state index is 10.5. The van der Waals surface area contributed by atoms with Crippen molar-refractivity contribution in [2.24, 2.45) is 145 Å². The highest BCUT2D eigenvalue weighted by Crippen LogP contribution is 2.73. The van der Waals surface area contributed by atoms with Crippen LogP contribution in [0.2, 0.25) is 0 Å². The monoisotopic (exact) mass is 1690 g/mol. The molecule has 0 amide bonds. The molecule has 124 heavy (non-hydrogen) atoms. The highest BCUT2D eigenvalue weighted by Gasteiger charge is 2.65. The smallest absolute Gasteiger partial charge is 0.143 e. The zero-order valence-electron chi connectivity index (χ0n) is 79.4. The molecule has 27 atom stereocenters. The molecule has 6 aromatic carbocycles. The molecule has 6 aromatic rings. The van der Waals surface area contributed by atoms with Crippen LogP contribution in [0.25, 0.3) is 0 Å². The maximum Gasteiger partial charge on any atom is 0.143 e. The molecule has 678 valence electrons. The van der Waals surface area contributed by atoms with Gasteiger partial charge in [-0.05, 0) is 432 Å². The van der Waals surface area contributed by atoms with E-state index in [1.165, 1.54) is 167 Å². The quantitative estimate of drug-likeness (QED) is 0.0361. The van der Waals surface area contributed by atoms with E-state index >= 15 is 0 Å². The first-order chi connectivity index (χ1) is 59.8. The molecule has 9 heteroatoms. The molecule has 0 saturated heterocycles. The predicted octanol–water partition coefficient (Wildman–Crippen LogP) is 27.6. The second kappa shape index (κ2) is 38.4. The molecule has 0 aromatic heterocycles. The molecule has 12 fully saturated rings. The van der Waals surface area contributed by atoms with Crippen molar-refractivity contribution >= 4 is 0 Å². The SMILES string of the molecule is COc1ccc(C(OCCC[C@@H](C)[C@H]2CC[C@H]3[C@@H]4CC[C@@H]5C[C@H](C)CC[C@]5(C)C4CC[C@]23C)(c2ccccc2)c2ccc(OC)cc2)cc1.COc1ccc(C(OCCC[C@@H](C)[C@H]2CC[C@H]3[C@@H]4CC[C@@H]5C[C@H](O)CC[C@]5(C)C4CC[C@]23C)(c2ccccc2)c2ccc(OC)cc2)cc1.C[C@H](CCCO)[C@H]1CC[C@H]2[C@@H]3CC[C@@H]4C[C@H](O)CC[C@]4(C)C3CC[C@]12C. The van der Waals surface area contributed by atoms with Gasteiger partial charge in [-0.15, -0.1) is 0 Å². The molecule has 12 saturated carbocycles. The average Bonchev–Trinajstić information content (AvgIpc) is 1.44. The van der Waals surface area contributed by atoms with Crippen molar-refractivity contribution in [3.63, 3.8) is 0 Å². The van der Waals surface area contributed by atoms with E-state index in [1.807, 2.05) is 24.3 Å². The predicted molar refractivity (Wildman–Crippen MR) is 506 cm³/mol. The lowest BCUT2D eigenvalue weighted by Gasteiger charge is -2.61. The van der Waals surface area contributed by atoms with E-state index in [9.17, 15) is 15.3 Å². The van der Waals surface area contributed by atoms with Crippen LogP contribution in [0.3, 0.4) is 0 Å². The van der Waals surface area contributed by atoms with Crippen LogP contribution in [0.15, 0.2) is 158 Å². The van der Waals surface area contributed by atoms with Crippen LogP contribution in [0.5, 0.6) is 23.0 Å². The van der Waals surface area contributed by atoms with Gasteiger partial charge in [0, 0.05) is 19.8 Å². The van der Waals surface area contributed by atoms with E-state index < -0.39 is 11.2 Å². The Morgan fingerprint density at radius 3 is 0.895 bits per heavy atom. The van der Waals surface area contributed by atoms with Crippen LogP contribution in [0.1, 0.15) is 315 Å². The summed E-state index contributed by atoms with van der Waals surface area (Å²) in [5.41, 5.74) is 8.24. The number of ether oxygens (including phenoxy) is 6. The summed E-state index contributed by atoms with van der Waals surface area (Å²) in [5, 5.41) is 29.9. The van der Waals surface area contributed by atoms with Gasteiger partial charge in [0.2, 0.25) is 0 Å². The van der Waals surface area contributed by atoms with Crippen molar-refractivity contribution < 1.29 is 43.7 Å². The number of rotatable bonds is 26. The second-order valence-corrected chi connectivity index (χ2v) is 45.2. The fraction of sp³-hybridized carbons (Fsp3) is 0.687. The topological polar surface area (TPSA) is 116 Å². The molecule has 0 radical (unpaired) electrons. The molecule has 0 aliphatic heterocycles. The van der Waals surface area contributed by atoms with Gasteiger partial charge in [0.1, 0.15) is 34.2 Å². The Morgan fingerprint density at radius 1 is 0.315 bits per heavy atom. The molecular formula is C115H164O9. The first-order valence-electron chi connectivity index (χ1n) is 50.8. The number of aliphatic hydroxyl groups is 3. The van der Waals surface area contributed by atoms with Crippen molar-refractivity contribution in [1.82, 2.24) is 0 Å². The Labute approximate surface area is 751 Å². The molecule has 0 heterocycles. The third kappa shape index (κ3) is 17.2. The lowest BCUT2D eigenvalue weighted by atomic mass is 9.44. The minimum Gasteiger partial charge on any atom is -0.497 e. The Kier molecular flexibility index (Phi) is 28.4. The van der Waals surface area contributed by atoms with Crippen LogP contribution < -0.4 is 18.9 Å². The normalized spacial score (nSPS) is 37.1. The standard InChI is InChI=1S/C46H62O3.C45H60O4.C24H42O2/c1-32-26-28-44(3)37(31-32)18-23-40-42-25-24-41(45(42,4)29-27-43(40)44)33(2)11-10-30-49-46(34-12-8-7-9-13-34,35-14-19-38(47-5)20-15-35)36-16-21-39(48-6)22-17-36;1-31(40-23-24-41-39-22-17-35-30-36(46)25-27-43(35,2)42(39)26-28-44(40,41)3)10-9-29-49-45(32-11-7-6-8-12-32,33-13-18-37(47-4)19-14-33)34-15-20-38(48-5)21-16-34;1-16(5-4-14-25)20-8-9-21-19-7-6-17-15-18(26)10-12-23(17,2)22(19)11-13-24(20,21)3/h7-9,12-17,19-22,32-33,37,40-43H,10-11,18,23-31H2,1-6H3;6-8,11-16,18-21,31,35-36,39-42,46H,9-10,17,22-30H2,1-5H3;16-22,25-26H,4-15H2,1-3H3/t32-,33-,37-,40+,41-,42+,43?,44+,45-;31-,35-,36-,39+,40-,41+,42?,43+,44-;16-,17-,18-,19+,20-,21+,22?,23+,24-/m111/s1. The number of hydrogen-bond acceptors (Lipinski definition) is 9. The summed E-state index contributed by atoms with van der Waals surface area (Å²) in [6, 6.07) is 55.0. The van der Waals surface area contributed by atoms with Gasteiger partial charge in [-0.1, -0.05) is 185 Å². The van der Waals surface area contributed by atoms with E-state index in [4.69, 9.17) is 28.4 Å². The van der Waals surface area contributed by atoms with Gasteiger partial charge in [-0.3, -0.25) is 0 Å². The maximum absolute atomic E-state index is 10.5. The summed E-state index contributed by atoms with van der Waals surface area (Å²) in [6.45, 7) is 27.8. The van der Waals surface area contributed by atoms with Gasteiger partial charge in [-0.25, -0.2) is 0 Å². The third-order valence-corrected chi connectivity index (χ3v) is 39.9. The van der Waals surface area contributed by atoms with Crippen LogP contribution >= 0.6 is 0 Å². The fourth-order valence-electron chi connectivity index (χ4n) is 33.3. The van der Waals surface area contributed by atoms with Crippen molar-refractivity contribution in [3.05, 3.63) is 191 Å². The van der Waals surface area contributed by atoms with E-state index in [1.54, 1.807) is 28.4 Å². The lowest BCUT2D eigenvalue weighted by molar-refractivity contribution is -0.129. The lowest BCUT2D eigenvalue weighted by Crippen LogP contribution is -2.54. The van der Waals surface area contributed by atoms with Gasteiger partial charge >= 0.3 is 0 Å². The summed E-state index contributed by atoms with van der Waals surface area (Å²) in [5.74, 6) is 19.8. The zero-order valence-corrected chi connectivity index (χ0v) is 79.4.